The average molecular weight is 426 g/mol. The summed E-state index contributed by atoms with van der Waals surface area (Å²) in [5, 5.41) is 20.0. The van der Waals surface area contributed by atoms with E-state index in [2.05, 4.69) is 15.7 Å². The number of aliphatic hydroxyl groups excluding tert-OH is 1. The number of carbonyl (C=O) groups is 2. The molecule has 3 rings (SSSR count). The third-order valence-electron chi connectivity index (χ3n) is 4.50. The van der Waals surface area contributed by atoms with Crippen LogP contribution in [0.15, 0.2) is 54.6 Å². The number of esters is 1. The van der Waals surface area contributed by atoms with Crippen LogP contribution in [0.3, 0.4) is 0 Å². The van der Waals surface area contributed by atoms with Gasteiger partial charge in [-0.25, -0.2) is 18.7 Å². The van der Waals surface area contributed by atoms with Gasteiger partial charge in [-0.3, -0.25) is 5.32 Å². The zero-order chi connectivity index (χ0) is 22.4. The monoisotopic (exact) mass is 426 g/mol. The van der Waals surface area contributed by atoms with E-state index >= 15 is 0 Å². The predicted molar refractivity (Wildman–Crippen MR) is 113 cm³/mol. The van der Waals surface area contributed by atoms with Gasteiger partial charge in [-0.05, 0) is 37.6 Å². The average Bonchev–Trinajstić information content (AvgIpc) is 3.04. The fourth-order valence-electron chi connectivity index (χ4n) is 3.02. The molecular weight excluding hydrogens is 403 g/mol. The number of urea groups is 1. The third-order valence-corrected chi connectivity index (χ3v) is 4.50. The molecule has 0 saturated carbocycles. The van der Waals surface area contributed by atoms with Crippen molar-refractivity contribution in [3.05, 3.63) is 77.2 Å². The zero-order valence-electron chi connectivity index (χ0n) is 17.1. The Bertz CT molecular complexity index is 1070. The Hall–Kier alpha value is -3.72. The van der Waals surface area contributed by atoms with E-state index in [0.29, 0.717) is 11.1 Å². The van der Waals surface area contributed by atoms with Crippen molar-refractivity contribution in [2.75, 3.05) is 17.2 Å². The van der Waals surface area contributed by atoms with Crippen molar-refractivity contribution < 1.29 is 23.8 Å². The van der Waals surface area contributed by atoms with Crippen molar-refractivity contribution in [1.82, 2.24) is 9.78 Å². The number of benzene rings is 2. The molecule has 1 heterocycles. The summed E-state index contributed by atoms with van der Waals surface area (Å²) in [6.07, 6.45) is -0.928. The van der Waals surface area contributed by atoms with Crippen LogP contribution < -0.4 is 10.6 Å². The molecular formula is C22H23FN4O4. The summed E-state index contributed by atoms with van der Waals surface area (Å²) < 4.78 is 19.7. The Morgan fingerprint density at radius 3 is 2.58 bits per heavy atom. The Labute approximate surface area is 178 Å². The van der Waals surface area contributed by atoms with E-state index in [1.165, 1.54) is 28.9 Å². The van der Waals surface area contributed by atoms with Crippen molar-refractivity contribution in [2.24, 2.45) is 0 Å². The number of ether oxygens (including phenoxy) is 1. The largest absolute Gasteiger partial charge is 0.461 e. The fraction of sp³-hybridized carbons (Fsp3) is 0.227. The number of aromatic nitrogens is 2. The lowest BCUT2D eigenvalue weighted by Crippen LogP contribution is -2.23. The highest BCUT2D eigenvalue weighted by atomic mass is 19.1. The second-order valence-corrected chi connectivity index (χ2v) is 6.74. The Morgan fingerprint density at radius 1 is 1.16 bits per heavy atom. The molecule has 2 aromatic carbocycles. The standard InChI is InChI=1S/C22H23FN4O4/c1-3-31-21(29)19-14(2)20(25-22(30)24-17-11-7-10-16(23)12-17)27(26-19)13-18(28)15-8-5-4-6-9-15/h4-12,18,28H,3,13H2,1-2H3,(H2,24,25,30). The summed E-state index contributed by atoms with van der Waals surface area (Å²) in [5.74, 6) is -0.914. The maximum atomic E-state index is 13.4. The first-order valence-electron chi connectivity index (χ1n) is 9.70. The molecule has 0 fully saturated rings. The van der Waals surface area contributed by atoms with Gasteiger partial charge in [0.15, 0.2) is 5.69 Å². The number of nitrogens with one attached hydrogen (secondary N) is 2. The zero-order valence-corrected chi connectivity index (χ0v) is 17.1. The molecule has 3 N–H and O–H groups in total. The van der Waals surface area contributed by atoms with E-state index in [1.807, 2.05) is 6.07 Å². The van der Waals surface area contributed by atoms with Gasteiger partial charge in [0.25, 0.3) is 0 Å². The van der Waals surface area contributed by atoms with Crippen molar-refractivity contribution in [1.29, 1.82) is 0 Å². The SMILES string of the molecule is CCOC(=O)c1nn(CC(O)c2ccccc2)c(NC(=O)Nc2cccc(F)c2)c1C. The lowest BCUT2D eigenvalue weighted by Gasteiger charge is -2.15. The second kappa shape index (κ2) is 9.86. The molecule has 0 aliphatic heterocycles. The quantitative estimate of drug-likeness (QED) is 0.497. The Balaban J connectivity index is 1.87. The van der Waals surface area contributed by atoms with Gasteiger partial charge in [0.1, 0.15) is 11.6 Å². The topological polar surface area (TPSA) is 105 Å². The minimum atomic E-state index is -0.928. The van der Waals surface area contributed by atoms with E-state index in [-0.39, 0.29) is 30.4 Å². The molecule has 2 amide bonds. The van der Waals surface area contributed by atoms with Crippen LogP contribution in [0.2, 0.25) is 0 Å². The molecule has 31 heavy (non-hydrogen) atoms. The first kappa shape index (κ1) is 22.0. The number of halogens is 1. The highest BCUT2D eigenvalue weighted by Crippen LogP contribution is 2.24. The van der Waals surface area contributed by atoms with Crippen LogP contribution >= 0.6 is 0 Å². The molecule has 162 valence electrons. The summed E-state index contributed by atoms with van der Waals surface area (Å²) >= 11 is 0. The van der Waals surface area contributed by atoms with E-state index < -0.39 is 23.9 Å². The number of hydrogen-bond donors (Lipinski definition) is 3. The second-order valence-electron chi connectivity index (χ2n) is 6.74. The van der Waals surface area contributed by atoms with Crippen LogP contribution in [0.1, 0.15) is 34.6 Å². The predicted octanol–water partition coefficient (Wildman–Crippen LogP) is 3.88. The normalized spacial score (nSPS) is 11.6. The third kappa shape index (κ3) is 5.46. The fourth-order valence-corrected chi connectivity index (χ4v) is 3.02. The van der Waals surface area contributed by atoms with Gasteiger partial charge in [-0.2, -0.15) is 5.10 Å². The number of carbonyl (C=O) groups excluding carboxylic acids is 2. The summed E-state index contributed by atoms with van der Waals surface area (Å²) in [6.45, 7) is 3.44. The van der Waals surface area contributed by atoms with Gasteiger partial charge < -0.3 is 15.2 Å². The number of aliphatic hydroxyl groups is 1. The van der Waals surface area contributed by atoms with Crippen molar-refractivity contribution in [3.63, 3.8) is 0 Å². The summed E-state index contributed by atoms with van der Waals surface area (Å²) in [4.78, 5) is 24.8. The molecule has 9 heteroatoms. The molecule has 1 unspecified atom stereocenters. The lowest BCUT2D eigenvalue weighted by molar-refractivity contribution is 0.0516. The molecule has 0 aliphatic carbocycles. The minimum absolute atomic E-state index is 0.0141. The first-order valence-corrected chi connectivity index (χ1v) is 9.70. The lowest BCUT2D eigenvalue weighted by atomic mass is 10.1. The van der Waals surface area contributed by atoms with Crippen LogP contribution in [-0.2, 0) is 11.3 Å². The van der Waals surface area contributed by atoms with Crippen LogP contribution in [0.25, 0.3) is 0 Å². The van der Waals surface area contributed by atoms with Crippen LogP contribution in [0, 0.1) is 12.7 Å². The molecule has 8 nitrogen and oxygen atoms in total. The highest BCUT2D eigenvalue weighted by molar-refractivity contribution is 6.01. The Kier molecular flexibility index (Phi) is 6.99. The summed E-state index contributed by atoms with van der Waals surface area (Å²) in [5.41, 5.74) is 1.33. The van der Waals surface area contributed by atoms with E-state index in [9.17, 15) is 19.1 Å². The molecule has 0 bridgehead atoms. The first-order chi connectivity index (χ1) is 14.9. The highest BCUT2D eigenvalue weighted by Gasteiger charge is 2.24. The molecule has 0 radical (unpaired) electrons. The minimum Gasteiger partial charge on any atom is -0.461 e. The molecule has 1 aromatic heterocycles. The van der Waals surface area contributed by atoms with Gasteiger partial charge in [-0.1, -0.05) is 36.4 Å². The van der Waals surface area contributed by atoms with Gasteiger partial charge in [-0.15, -0.1) is 0 Å². The maximum Gasteiger partial charge on any atom is 0.359 e. The summed E-state index contributed by atoms with van der Waals surface area (Å²) in [6, 6.07) is 13.7. The van der Waals surface area contributed by atoms with Gasteiger partial charge >= 0.3 is 12.0 Å². The molecule has 0 spiro atoms. The Morgan fingerprint density at radius 2 is 1.90 bits per heavy atom. The van der Waals surface area contributed by atoms with E-state index in [0.717, 1.165) is 0 Å². The van der Waals surface area contributed by atoms with Gasteiger partial charge in [0.05, 0.1) is 19.3 Å². The number of hydrogen-bond acceptors (Lipinski definition) is 5. The number of rotatable bonds is 7. The van der Waals surface area contributed by atoms with Crippen molar-refractivity contribution in [3.8, 4) is 0 Å². The van der Waals surface area contributed by atoms with Crippen LogP contribution in [-0.4, -0.2) is 33.5 Å². The van der Waals surface area contributed by atoms with Crippen molar-refractivity contribution >= 4 is 23.5 Å². The molecule has 3 aromatic rings. The molecule has 1 atom stereocenters. The van der Waals surface area contributed by atoms with Crippen LogP contribution in [0.5, 0.6) is 0 Å². The van der Waals surface area contributed by atoms with E-state index in [4.69, 9.17) is 4.74 Å². The van der Waals surface area contributed by atoms with Gasteiger partial charge in [0.2, 0.25) is 0 Å². The molecule has 0 saturated heterocycles. The maximum absolute atomic E-state index is 13.4. The summed E-state index contributed by atoms with van der Waals surface area (Å²) in [7, 11) is 0. The number of nitrogens with zero attached hydrogens (tertiary/aromatic N) is 2. The van der Waals surface area contributed by atoms with Gasteiger partial charge in [0, 0.05) is 11.3 Å². The number of anilines is 2. The number of amides is 2. The smallest absolute Gasteiger partial charge is 0.359 e. The van der Waals surface area contributed by atoms with Crippen molar-refractivity contribution in [2.45, 2.75) is 26.5 Å². The van der Waals surface area contributed by atoms with E-state index in [1.54, 1.807) is 38.1 Å². The molecule has 0 aliphatic rings. The van der Waals surface area contributed by atoms with Crippen LogP contribution in [0.4, 0.5) is 20.7 Å².